The van der Waals surface area contributed by atoms with Crippen LogP contribution in [0.5, 0.6) is 5.75 Å². The highest BCUT2D eigenvalue weighted by Crippen LogP contribution is 2.28. The summed E-state index contributed by atoms with van der Waals surface area (Å²) in [5, 5.41) is 9.43. The van der Waals surface area contributed by atoms with Crippen molar-refractivity contribution in [3.63, 3.8) is 0 Å². The lowest BCUT2D eigenvalue weighted by Gasteiger charge is -2.35. The van der Waals surface area contributed by atoms with Crippen LogP contribution in [0.4, 0.5) is 0 Å². The third kappa shape index (κ3) is 2.86. The largest absolute Gasteiger partial charge is 0.508 e. The van der Waals surface area contributed by atoms with Gasteiger partial charge < -0.3 is 10.0 Å². The SMILES string of the molecule is CN(C(=O)c1cccc(O)c1)C1CCCCC1Br. The van der Waals surface area contributed by atoms with Crippen LogP contribution in [0.3, 0.4) is 0 Å². The van der Waals surface area contributed by atoms with E-state index in [2.05, 4.69) is 15.9 Å². The molecule has 0 radical (unpaired) electrons. The first-order chi connectivity index (χ1) is 8.59. The summed E-state index contributed by atoms with van der Waals surface area (Å²) in [6, 6.07) is 6.77. The number of carbonyl (C=O) groups is 1. The van der Waals surface area contributed by atoms with Crippen molar-refractivity contribution < 1.29 is 9.90 Å². The minimum Gasteiger partial charge on any atom is -0.508 e. The lowest BCUT2D eigenvalue weighted by molar-refractivity contribution is 0.0704. The van der Waals surface area contributed by atoms with Crippen LogP contribution in [0.2, 0.25) is 0 Å². The number of phenols is 1. The second-order valence-corrected chi connectivity index (χ2v) is 6.01. The molecule has 1 aliphatic carbocycles. The van der Waals surface area contributed by atoms with Gasteiger partial charge in [-0.25, -0.2) is 0 Å². The van der Waals surface area contributed by atoms with Crippen molar-refractivity contribution in [2.75, 3.05) is 7.05 Å². The molecule has 98 valence electrons. The van der Waals surface area contributed by atoms with E-state index in [9.17, 15) is 9.90 Å². The summed E-state index contributed by atoms with van der Waals surface area (Å²) in [5.41, 5.74) is 0.544. The molecule has 18 heavy (non-hydrogen) atoms. The van der Waals surface area contributed by atoms with Crippen LogP contribution >= 0.6 is 15.9 Å². The molecule has 1 N–H and O–H groups in total. The molecule has 1 amide bonds. The zero-order valence-electron chi connectivity index (χ0n) is 10.5. The van der Waals surface area contributed by atoms with E-state index in [-0.39, 0.29) is 17.7 Å². The van der Waals surface area contributed by atoms with Crippen LogP contribution in [0, 0.1) is 0 Å². The van der Waals surface area contributed by atoms with Crippen molar-refractivity contribution in [2.45, 2.75) is 36.6 Å². The molecule has 0 heterocycles. The number of nitrogens with zero attached hydrogens (tertiary/aromatic N) is 1. The molecule has 1 aliphatic rings. The average Bonchev–Trinajstić information content (AvgIpc) is 2.37. The summed E-state index contributed by atoms with van der Waals surface area (Å²) in [5.74, 6) is 0.107. The van der Waals surface area contributed by atoms with E-state index in [0.717, 1.165) is 12.8 Å². The summed E-state index contributed by atoms with van der Waals surface area (Å²) in [7, 11) is 1.84. The number of rotatable bonds is 2. The van der Waals surface area contributed by atoms with Gasteiger partial charge >= 0.3 is 0 Å². The molecule has 0 bridgehead atoms. The van der Waals surface area contributed by atoms with Gasteiger partial charge in [-0.3, -0.25) is 4.79 Å². The van der Waals surface area contributed by atoms with E-state index in [4.69, 9.17) is 0 Å². The summed E-state index contributed by atoms with van der Waals surface area (Å²) in [6.07, 6.45) is 4.55. The number of benzene rings is 1. The molecule has 2 atom stereocenters. The fourth-order valence-corrected chi connectivity index (χ4v) is 3.44. The summed E-state index contributed by atoms with van der Waals surface area (Å²) < 4.78 is 0. The standard InChI is InChI=1S/C14H18BrNO2/c1-16(13-8-3-2-7-12(13)15)14(18)10-5-4-6-11(17)9-10/h4-6,9,12-13,17H,2-3,7-8H2,1H3. The van der Waals surface area contributed by atoms with E-state index < -0.39 is 0 Å². The first kappa shape index (κ1) is 13.4. The molecule has 1 aromatic carbocycles. The van der Waals surface area contributed by atoms with Gasteiger partial charge in [0.05, 0.1) is 0 Å². The molecule has 0 spiro atoms. The van der Waals surface area contributed by atoms with E-state index in [1.807, 2.05) is 7.05 Å². The Morgan fingerprint density at radius 2 is 2.11 bits per heavy atom. The van der Waals surface area contributed by atoms with Gasteiger partial charge in [0.15, 0.2) is 0 Å². The van der Waals surface area contributed by atoms with Gasteiger partial charge in [-0.2, -0.15) is 0 Å². The number of amides is 1. The maximum Gasteiger partial charge on any atom is 0.254 e. The minimum absolute atomic E-state index is 0.0257. The van der Waals surface area contributed by atoms with E-state index >= 15 is 0 Å². The Labute approximate surface area is 116 Å². The van der Waals surface area contributed by atoms with Crippen molar-refractivity contribution in [3.05, 3.63) is 29.8 Å². The van der Waals surface area contributed by atoms with Crippen molar-refractivity contribution in [2.24, 2.45) is 0 Å². The predicted octanol–water partition coefficient (Wildman–Crippen LogP) is 3.17. The zero-order chi connectivity index (χ0) is 13.1. The second-order valence-electron chi connectivity index (χ2n) is 4.83. The Hall–Kier alpha value is -1.03. The first-order valence-corrected chi connectivity index (χ1v) is 7.21. The third-order valence-corrected chi connectivity index (χ3v) is 4.63. The molecular formula is C14H18BrNO2. The number of hydrogen-bond donors (Lipinski definition) is 1. The van der Waals surface area contributed by atoms with Crippen LogP contribution in [0.1, 0.15) is 36.0 Å². The molecule has 3 nitrogen and oxygen atoms in total. The lowest BCUT2D eigenvalue weighted by atomic mass is 9.94. The molecular weight excluding hydrogens is 294 g/mol. The van der Waals surface area contributed by atoms with Gasteiger partial charge in [-0.1, -0.05) is 34.8 Å². The highest BCUT2D eigenvalue weighted by molar-refractivity contribution is 9.09. The molecule has 0 saturated heterocycles. The quantitative estimate of drug-likeness (QED) is 0.852. The number of alkyl halides is 1. The fourth-order valence-electron chi connectivity index (χ4n) is 2.50. The topological polar surface area (TPSA) is 40.5 Å². The Bertz CT molecular complexity index is 436. The van der Waals surface area contributed by atoms with Crippen molar-refractivity contribution in [1.29, 1.82) is 0 Å². The monoisotopic (exact) mass is 311 g/mol. The maximum absolute atomic E-state index is 12.3. The number of phenolic OH excluding ortho intramolecular Hbond substituents is 1. The minimum atomic E-state index is -0.0257. The van der Waals surface area contributed by atoms with Crippen LogP contribution in [0.15, 0.2) is 24.3 Å². The summed E-state index contributed by atoms with van der Waals surface area (Å²) in [6.45, 7) is 0. The Kier molecular flexibility index (Phi) is 4.27. The summed E-state index contributed by atoms with van der Waals surface area (Å²) >= 11 is 3.67. The smallest absolute Gasteiger partial charge is 0.254 e. The lowest BCUT2D eigenvalue weighted by Crippen LogP contribution is -2.44. The number of halogens is 1. The number of aromatic hydroxyl groups is 1. The average molecular weight is 312 g/mol. The maximum atomic E-state index is 12.3. The Morgan fingerprint density at radius 1 is 1.39 bits per heavy atom. The zero-order valence-corrected chi connectivity index (χ0v) is 12.1. The molecule has 1 aromatic rings. The van der Waals surface area contributed by atoms with Crippen molar-refractivity contribution in [3.8, 4) is 5.75 Å². The molecule has 4 heteroatoms. The van der Waals surface area contributed by atoms with Crippen LogP contribution in [0.25, 0.3) is 0 Å². The van der Waals surface area contributed by atoms with E-state index in [0.29, 0.717) is 10.4 Å². The van der Waals surface area contributed by atoms with Gasteiger partial charge in [0.2, 0.25) is 0 Å². The molecule has 1 fully saturated rings. The molecule has 0 aliphatic heterocycles. The van der Waals surface area contributed by atoms with E-state index in [1.165, 1.54) is 18.9 Å². The second kappa shape index (κ2) is 5.74. The first-order valence-electron chi connectivity index (χ1n) is 6.30. The molecule has 2 unspecified atom stereocenters. The third-order valence-electron chi connectivity index (χ3n) is 3.56. The van der Waals surface area contributed by atoms with E-state index in [1.54, 1.807) is 23.1 Å². The van der Waals surface area contributed by atoms with Crippen molar-refractivity contribution >= 4 is 21.8 Å². The highest BCUT2D eigenvalue weighted by atomic mass is 79.9. The fraction of sp³-hybridized carbons (Fsp3) is 0.500. The Morgan fingerprint density at radius 3 is 2.78 bits per heavy atom. The predicted molar refractivity (Wildman–Crippen MR) is 75.2 cm³/mol. The summed E-state index contributed by atoms with van der Waals surface area (Å²) in [4.78, 5) is 14.5. The van der Waals surface area contributed by atoms with Gasteiger partial charge in [0.1, 0.15) is 5.75 Å². The van der Waals surface area contributed by atoms with Crippen LogP contribution < -0.4 is 0 Å². The molecule has 0 aromatic heterocycles. The normalized spacial score (nSPS) is 23.7. The van der Waals surface area contributed by atoms with Crippen molar-refractivity contribution in [1.82, 2.24) is 4.90 Å². The van der Waals surface area contributed by atoms with Crippen LogP contribution in [-0.2, 0) is 0 Å². The number of hydrogen-bond acceptors (Lipinski definition) is 2. The van der Waals surface area contributed by atoms with Gasteiger partial charge in [0.25, 0.3) is 5.91 Å². The van der Waals surface area contributed by atoms with Crippen LogP contribution in [-0.4, -0.2) is 33.8 Å². The number of carbonyl (C=O) groups excluding carboxylic acids is 1. The Balaban J connectivity index is 2.13. The van der Waals surface area contributed by atoms with Gasteiger partial charge in [0, 0.05) is 23.5 Å². The molecule has 1 saturated carbocycles. The molecule has 2 rings (SSSR count). The van der Waals surface area contributed by atoms with Gasteiger partial charge in [-0.05, 0) is 31.0 Å². The highest BCUT2D eigenvalue weighted by Gasteiger charge is 2.29. The van der Waals surface area contributed by atoms with Gasteiger partial charge in [-0.15, -0.1) is 0 Å².